The van der Waals surface area contributed by atoms with Gasteiger partial charge in [0, 0.05) is 25.2 Å². The van der Waals surface area contributed by atoms with Crippen molar-refractivity contribution in [2.45, 2.75) is 32.7 Å². The molecule has 0 radical (unpaired) electrons. The number of hydrogen-bond acceptors (Lipinski definition) is 4. The zero-order chi connectivity index (χ0) is 19.1. The number of nitrogens with zero attached hydrogens (tertiary/aromatic N) is 1. The lowest BCUT2D eigenvalue weighted by molar-refractivity contribution is -0.126. The molecule has 7 nitrogen and oxygen atoms in total. The number of ether oxygens (including phenoxy) is 2. The maximum absolute atomic E-state index is 12.7. The van der Waals surface area contributed by atoms with Crippen molar-refractivity contribution in [1.82, 2.24) is 15.5 Å². The smallest absolute Gasteiger partial charge is 0.317 e. The van der Waals surface area contributed by atoms with Gasteiger partial charge in [-0.2, -0.15) is 0 Å². The molecule has 2 rings (SSSR count). The van der Waals surface area contributed by atoms with E-state index in [9.17, 15) is 9.59 Å². The number of hydrogen-bond donors (Lipinski definition) is 2. The Morgan fingerprint density at radius 3 is 2.73 bits per heavy atom. The van der Waals surface area contributed by atoms with E-state index in [0.29, 0.717) is 31.1 Å². The highest BCUT2D eigenvalue weighted by Gasteiger charge is 2.29. The number of likely N-dealkylation sites (tertiary alicyclic amines) is 1. The van der Waals surface area contributed by atoms with E-state index in [2.05, 4.69) is 10.6 Å². The highest BCUT2D eigenvalue weighted by atomic mass is 16.5. The molecule has 0 aliphatic carbocycles. The lowest BCUT2D eigenvalue weighted by Crippen LogP contribution is -2.49. The average molecular weight is 363 g/mol. The molecule has 1 aliphatic heterocycles. The molecule has 1 saturated heterocycles. The second-order valence-corrected chi connectivity index (χ2v) is 6.46. The largest absolute Gasteiger partial charge is 0.497 e. The number of carbonyl (C=O) groups is 2. The standard InChI is InChI=1S/C19H29N3O4/c1-5-20-18(23)14-7-6-10-22(12-14)19(24)21-13(2)16-11-15(25-3)8-9-17(16)26-4/h8-9,11,13-14H,5-7,10,12H2,1-4H3,(H,20,23)(H,21,24)/t13-,14-/m0/s1. The monoisotopic (exact) mass is 363 g/mol. The van der Waals surface area contributed by atoms with Gasteiger partial charge in [0.25, 0.3) is 0 Å². The average Bonchev–Trinajstić information content (AvgIpc) is 2.67. The van der Waals surface area contributed by atoms with Gasteiger partial charge >= 0.3 is 6.03 Å². The summed E-state index contributed by atoms with van der Waals surface area (Å²) in [6.07, 6.45) is 1.64. The van der Waals surface area contributed by atoms with Crippen molar-refractivity contribution in [3.8, 4) is 11.5 Å². The van der Waals surface area contributed by atoms with E-state index in [4.69, 9.17) is 9.47 Å². The van der Waals surface area contributed by atoms with Crippen molar-refractivity contribution in [1.29, 1.82) is 0 Å². The van der Waals surface area contributed by atoms with Crippen LogP contribution in [0, 0.1) is 5.92 Å². The normalized spacial score (nSPS) is 18.0. The minimum Gasteiger partial charge on any atom is -0.497 e. The molecule has 0 saturated carbocycles. The van der Waals surface area contributed by atoms with Gasteiger partial charge in [0.1, 0.15) is 11.5 Å². The Morgan fingerprint density at radius 2 is 2.08 bits per heavy atom. The molecule has 0 bridgehead atoms. The fourth-order valence-corrected chi connectivity index (χ4v) is 3.23. The number of methoxy groups -OCH3 is 2. The first kappa shape index (κ1) is 19.9. The summed E-state index contributed by atoms with van der Waals surface area (Å²) in [7, 11) is 3.20. The molecule has 0 unspecified atom stereocenters. The first-order valence-electron chi connectivity index (χ1n) is 9.05. The lowest BCUT2D eigenvalue weighted by atomic mass is 9.97. The van der Waals surface area contributed by atoms with Crippen LogP contribution in [-0.2, 0) is 4.79 Å². The van der Waals surface area contributed by atoms with Crippen LogP contribution >= 0.6 is 0 Å². The summed E-state index contributed by atoms with van der Waals surface area (Å²) in [6.45, 7) is 5.51. The van der Waals surface area contributed by atoms with Gasteiger partial charge < -0.3 is 25.0 Å². The number of piperidine rings is 1. The predicted molar refractivity (Wildman–Crippen MR) is 99.5 cm³/mol. The topological polar surface area (TPSA) is 79.9 Å². The third kappa shape index (κ3) is 4.80. The minimum atomic E-state index is -0.252. The van der Waals surface area contributed by atoms with Crippen LogP contribution in [0.5, 0.6) is 11.5 Å². The number of urea groups is 1. The fourth-order valence-electron chi connectivity index (χ4n) is 3.23. The Hall–Kier alpha value is -2.44. The van der Waals surface area contributed by atoms with Crippen molar-refractivity contribution in [2.24, 2.45) is 5.92 Å². The van der Waals surface area contributed by atoms with E-state index < -0.39 is 0 Å². The van der Waals surface area contributed by atoms with E-state index in [1.807, 2.05) is 32.0 Å². The van der Waals surface area contributed by atoms with Gasteiger partial charge in [-0.3, -0.25) is 4.79 Å². The van der Waals surface area contributed by atoms with Gasteiger partial charge in [0.2, 0.25) is 5.91 Å². The van der Waals surface area contributed by atoms with Crippen LogP contribution < -0.4 is 20.1 Å². The first-order valence-corrected chi connectivity index (χ1v) is 9.05. The lowest BCUT2D eigenvalue weighted by Gasteiger charge is -2.33. The van der Waals surface area contributed by atoms with Crippen LogP contribution in [0.1, 0.15) is 38.3 Å². The molecule has 1 fully saturated rings. The summed E-state index contributed by atoms with van der Waals surface area (Å²) in [5.41, 5.74) is 0.845. The van der Waals surface area contributed by atoms with E-state index >= 15 is 0 Å². The Balaban J connectivity index is 2.03. The molecule has 1 aromatic carbocycles. The highest BCUT2D eigenvalue weighted by Crippen LogP contribution is 2.29. The summed E-state index contributed by atoms with van der Waals surface area (Å²) in [5, 5.41) is 5.84. The molecule has 1 aliphatic rings. The van der Waals surface area contributed by atoms with E-state index in [1.165, 1.54) is 0 Å². The van der Waals surface area contributed by atoms with Crippen LogP contribution in [0.4, 0.5) is 4.79 Å². The Kier molecular flexibility index (Phi) is 7.12. The SMILES string of the molecule is CCNC(=O)[C@H]1CCCN(C(=O)N[C@@H](C)c2cc(OC)ccc2OC)C1. The van der Waals surface area contributed by atoms with Gasteiger partial charge in [0.15, 0.2) is 0 Å². The minimum absolute atomic E-state index is 0.0208. The van der Waals surface area contributed by atoms with Crippen molar-refractivity contribution in [2.75, 3.05) is 33.9 Å². The number of benzene rings is 1. The summed E-state index contributed by atoms with van der Waals surface area (Å²) in [5.74, 6) is 1.28. The molecule has 2 atom stereocenters. The summed E-state index contributed by atoms with van der Waals surface area (Å²) in [4.78, 5) is 26.5. The molecule has 7 heteroatoms. The van der Waals surface area contributed by atoms with Crippen molar-refractivity contribution in [3.05, 3.63) is 23.8 Å². The fraction of sp³-hybridized carbons (Fsp3) is 0.579. The maximum Gasteiger partial charge on any atom is 0.317 e. The Morgan fingerprint density at radius 1 is 1.31 bits per heavy atom. The van der Waals surface area contributed by atoms with E-state index in [0.717, 1.165) is 18.4 Å². The number of rotatable bonds is 6. The van der Waals surface area contributed by atoms with Gasteiger partial charge in [-0.25, -0.2) is 4.79 Å². The first-order chi connectivity index (χ1) is 12.5. The summed E-state index contributed by atoms with van der Waals surface area (Å²) in [6, 6.07) is 5.08. The number of nitrogens with one attached hydrogen (secondary N) is 2. The van der Waals surface area contributed by atoms with Gasteiger partial charge in [-0.1, -0.05) is 0 Å². The summed E-state index contributed by atoms with van der Waals surface area (Å²) < 4.78 is 10.7. The molecule has 1 heterocycles. The van der Waals surface area contributed by atoms with Crippen LogP contribution in [0.2, 0.25) is 0 Å². The van der Waals surface area contributed by atoms with E-state index in [1.54, 1.807) is 19.1 Å². The molecule has 0 spiro atoms. The molecule has 3 amide bonds. The third-order valence-corrected chi connectivity index (χ3v) is 4.67. The Bertz CT molecular complexity index is 635. The summed E-state index contributed by atoms with van der Waals surface area (Å²) >= 11 is 0. The molecular formula is C19H29N3O4. The van der Waals surface area contributed by atoms with Gasteiger partial charge in [-0.05, 0) is 44.9 Å². The third-order valence-electron chi connectivity index (χ3n) is 4.67. The molecule has 1 aromatic rings. The molecule has 0 aromatic heterocycles. The van der Waals surface area contributed by atoms with Crippen molar-refractivity contribution >= 4 is 11.9 Å². The number of carbonyl (C=O) groups excluding carboxylic acids is 2. The van der Waals surface area contributed by atoms with Crippen molar-refractivity contribution < 1.29 is 19.1 Å². The quantitative estimate of drug-likeness (QED) is 0.813. The molecular weight excluding hydrogens is 334 g/mol. The zero-order valence-electron chi connectivity index (χ0n) is 16.0. The Labute approximate surface area is 155 Å². The molecule has 26 heavy (non-hydrogen) atoms. The van der Waals surface area contributed by atoms with Gasteiger partial charge in [-0.15, -0.1) is 0 Å². The van der Waals surface area contributed by atoms with Gasteiger partial charge in [0.05, 0.1) is 26.2 Å². The van der Waals surface area contributed by atoms with Crippen molar-refractivity contribution in [3.63, 3.8) is 0 Å². The second kappa shape index (κ2) is 9.31. The predicted octanol–water partition coefficient (Wildman–Crippen LogP) is 2.32. The van der Waals surface area contributed by atoms with Crippen LogP contribution in [0.25, 0.3) is 0 Å². The zero-order valence-corrected chi connectivity index (χ0v) is 16.0. The number of amides is 3. The van der Waals surface area contributed by atoms with Crippen LogP contribution in [-0.4, -0.2) is 50.7 Å². The molecule has 2 N–H and O–H groups in total. The van der Waals surface area contributed by atoms with Crippen LogP contribution in [0.3, 0.4) is 0 Å². The highest BCUT2D eigenvalue weighted by molar-refractivity contribution is 5.81. The molecule has 144 valence electrons. The van der Waals surface area contributed by atoms with E-state index in [-0.39, 0.29) is 23.9 Å². The second-order valence-electron chi connectivity index (χ2n) is 6.46. The maximum atomic E-state index is 12.7. The van der Waals surface area contributed by atoms with Crippen LogP contribution in [0.15, 0.2) is 18.2 Å².